The molecule has 1 heterocycles. The average molecular weight is 223 g/mol. The van der Waals surface area contributed by atoms with Crippen molar-refractivity contribution in [3.8, 4) is 0 Å². The van der Waals surface area contributed by atoms with Crippen molar-refractivity contribution < 1.29 is 9.13 Å². The summed E-state index contributed by atoms with van der Waals surface area (Å²) in [6.07, 6.45) is 0.725. The number of nitrogens with one attached hydrogen (secondary N) is 1. The molecule has 0 radical (unpaired) electrons. The van der Waals surface area contributed by atoms with E-state index in [0.29, 0.717) is 6.42 Å². The van der Waals surface area contributed by atoms with Gasteiger partial charge in [-0.15, -0.1) is 0 Å². The Morgan fingerprint density at radius 3 is 2.94 bits per heavy atom. The molecule has 1 atom stereocenters. The molecule has 0 bridgehead atoms. The third kappa shape index (κ3) is 3.03. The molecule has 1 fully saturated rings. The lowest BCUT2D eigenvalue weighted by molar-refractivity contribution is -0.0566. The molecule has 16 heavy (non-hydrogen) atoms. The molecule has 0 aliphatic carbocycles. The monoisotopic (exact) mass is 223 g/mol. The summed E-state index contributed by atoms with van der Waals surface area (Å²) < 4.78 is 18.7. The second-order valence-corrected chi connectivity index (χ2v) is 5.18. The van der Waals surface area contributed by atoms with Gasteiger partial charge in [0.25, 0.3) is 0 Å². The van der Waals surface area contributed by atoms with Crippen LogP contribution in [0.1, 0.15) is 19.4 Å². The number of hydrogen-bond acceptors (Lipinski definition) is 2. The summed E-state index contributed by atoms with van der Waals surface area (Å²) in [5.74, 6) is -0.186. The van der Waals surface area contributed by atoms with Gasteiger partial charge in [0.2, 0.25) is 0 Å². The first-order valence-corrected chi connectivity index (χ1v) is 5.65. The molecule has 1 aliphatic heterocycles. The van der Waals surface area contributed by atoms with Crippen molar-refractivity contribution in [2.24, 2.45) is 5.41 Å². The molecule has 0 saturated carbocycles. The van der Waals surface area contributed by atoms with Crippen molar-refractivity contribution in [2.45, 2.75) is 26.5 Å². The maximum atomic E-state index is 13.0. The fraction of sp³-hybridized carbons (Fsp3) is 0.538. The van der Waals surface area contributed by atoms with E-state index < -0.39 is 0 Å². The van der Waals surface area contributed by atoms with Gasteiger partial charge in [-0.2, -0.15) is 0 Å². The third-order valence-electron chi connectivity index (χ3n) is 2.79. The van der Waals surface area contributed by atoms with E-state index in [1.165, 1.54) is 6.07 Å². The van der Waals surface area contributed by atoms with Gasteiger partial charge in [0.15, 0.2) is 0 Å². The molecule has 0 spiro atoms. The highest BCUT2D eigenvalue weighted by Crippen LogP contribution is 2.20. The first kappa shape index (κ1) is 11.6. The summed E-state index contributed by atoms with van der Waals surface area (Å²) in [5, 5.41) is 3.33. The molecule has 1 aromatic rings. The highest BCUT2D eigenvalue weighted by Gasteiger charge is 2.26. The Bertz CT molecular complexity index is 355. The number of rotatable bonds is 2. The van der Waals surface area contributed by atoms with Crippen LogP contribution >= 0.6 is 0 Å². The lowest BCUT2D eigenvalue weighted by atomic mass is 9.93. The summed E-state index contributed by atoms with van der Waals surface area (Å²) >= 11 is 0. The van der Waals surface area contributed by atoms with Crippen molar-refractivity contribution >= 4 is 0 Å². The van der Waals surface area contributed by atoms with E-state index in [0.717, 1.165) is 18.7 Å². The summed E-state index contributed by atoms with van der Waals surface area (Å²) in [7, 11) is 0. The molecule has 1 unspecified atom stereocenters. The van der Waals surface area contributed by atoms with Crippen LogP contribution < -0.4 is 5.32 Å². The first-order chi connectivity index (χ1) is 7.55. The van der Waals surface area contributed by atoms with Crippen LogP contribution in [0.4, 0.5) is 4.39 Å². The Morgan fingerprint density at radius 2 is 2.31 bits per heavy atom. The minimum atomic E-state index is -0.186. The van der Waals surface area contributed by atoms with Gasteiger partial charge in [-0.1, -0.05) is 26.0 Å². The fourth-order valence-electron chi connectivity index (χ4n) is 1.84. The van der Waals surface area contributed by atoms with Crippen molar-refractivity contribution in [3.63, 3.8) is 0 Å². The van der Waals surface area contributed by atoms with E-state index in [-0.39, 0.29) is 17.5 Å². The Hall–Kier alpha value is -0.930. The minimum absolute atomic E-state index is 0.00910. The van der Waals surface area contributed by atoms with Crippen LogP contribution in [-0.4, -0.2) is 19.4 Å². The molecular formula is C13H18FNO. The van der Waals surface area contributed by atoms with Gasteiger partial charge in [0.05, 0.1) is 6.61 Å². The van der Waals surface area contributed by atoms with Crippen LogP contribution in [0.5, 0.6) is 0 Å². The molecule has 1 N–H and O–H groups in total. The molecule has 1 aromatic carbocycles. The average Bonchev–Trinajstić information content (AvgIpc) is 2.21. The maximum absolute atomic E-state index is 13.0. The van der Waals surface area contributed by atoms with Crippen LogP contribution in [0.2, 0.25) is 0 Å². The van der Waals surface area contributed by atoms with Gasteiger partial charge >= 0.3 is 0 Å². The number of ether oxygens (including phenoxy) is 1. The van der Waals surface area contributed by atoms with Gasteiger partial charge < -0.3 is 4.74 Å². The lowest BCUT2D eigenvalue weighted by Gasteiger charge is -2.35. The summed E-state index contributed by atoms with van der Waals surface area (Å²) in [6.45, 7) is 6.02. The van der Waals surface area contributed by atoms with E-state index in [4.69, 9.17) is 4.74 Å². The van der Waals surface area contributed by atoms with Gasteiger partial charge in [0.1, 0.15) is 12.0 Å². The lowest BCUT2D eigenvalue weighted by Crippen LogP contribution is -2.48. The van der Waals surface area contributed by atoms with Gasteiger partial charge in [0, 0.05) is 18.4 Å². The SMILES string of the molecule is CC1(C)CNC(Cc2cccc(F)c2)OC1. The van der Waals surface area contributed by atoms with Crippen LogP contribution in [-0.2, 0) is 11.2 Å². The van der Waals surface area contributed by atoms with Crippen LogP contribution in [0.3, 0.4) is 0 Å². The molecule has 3 heteroatoms. The van der Waals surface area contributed by atoms with Gasteiger partial charge in [-0.3, -0.25) is 5.32 Å². The second-order valence-electron chi connectivity index (χ2n) is 5.18. The van der Waals surface area contributed by atoms with E-state index in [9.17, 15) is 4.39 Å². The molecule has 2 rings (SSSR count). The zero-order valence-electron chi connectivity index (χ0n) is 9.79. The van der Waals surface area contributed by atoms with Crippen LogP contribution in [0.15, 0.2) is 24.3 Å². The van der Waals surface area contributed by atoms with Crippen LogP contribution in [0, 0.1) is 11.2 Å². The predicted octanol–water partition coefficient (Wildman–Crippen LogP) is 2.34. The molecular weight excluding hydrogens is 205 g/mol. The normalized spacial score (nSPS) is 24.3. The second kappa shape index (κ2) is 4.52. The highest BCUT2D eigenvalue weighted by atomic mass is 19.1. The van der Waals surface area contributed by atoms with Crippen molar-refractivity contribution in [1.29, 1.82) is 0 Å². The minimum Gasteiger partial charge on any atom is -0.362 e. The molecule has 1 aliphatic rings. The summed E-state index contributed by atoms with van der Waals surface area (Å²) in [4.78, 5) is 0. The topological polar surface area (TPSA) is 21.3 Å². The maximum Gasteiger partial charge on any atom is 0.123 e. The Balaban J connectivity index is 1.92. The number of benzene rings is 1. The van der Waals surface area contributed by atoms with E-state index in [1.807, 2.05) is 6.07 Å². The third-order valence-corrected chi connectivity index (χ3v) is 2.79. The zero-order chi connectivity index (χ0) is 11.6. The summed E-state index contributed by atoms with van der Waals surface area (Å²) in [5.41, 5.74) is 1.16. The standard InChI is InChI=1S/C13H18FNO/c1-13(2)8-15-12(16-9-13)7-10-4-3-5-11(14)6-10/h3-6,12,15H,7-9H2,1-2H3. The zero-order valence-corrected chi connectivity index (χ0v) is 9.79. The quantitative estimate of drug-likeness (QED) is 0.831. The molecule has 0 aromatic heterocycles. The number of halogens is 1. The van der Waals surface area contributed by atoms with Crippen LogP contribution in [0.25, 0.3) is 0 Å². The molecule has 88 valence electrons. The number of hydrogen-bond donors (Lipinski definition) is 1. The van der Waals surface area contributed by atoms with Gasteiger partial charge in [-0.05, 0) is 17.7 Å². The highest BCUT2D eigenvalue weighted by molar-refractivity contribution is 5.17. The largest absolute Gasteiger partial charge is 0.362 e. The van der Waals surface area contributed by atoms with Crippen molar-refractivity contribution in [1.82, 2.24) is 5.32 Å². The van der Waals surface area contributed by atoms with Crippen molar-refractivity contribution in [2.75, 3.05) is 13.2 Å². The van der Waals surface area contributed by atoms with Gasteiger partial charge in [-0.25, -0.2) is 4.39 Å². The fourth-order valence-corrected chi connectivity index (χ4v) is 1.84. The summed E-state index contributed by atoms with van der Waals surface area (Å²) in [6, 6.07) is 6.68. The molecule has 0 amide bonds. The predicted molar refractivity (Wildman–Crippen MR) is 61.6 cm³/mol. The van der Waals surface area contributed by atoms with E-state index >= 15 is 0 Å². The Morgan fingerprint density at radius 1 is 1.50 bits per heavy atom. The Labute approximate surface area is 95.8 Å². The van der Waals surface area contributed by atoms with E-state index in [1.54, 1.807) is 12.1 Å². The first-order valence-electron chi connectivity index (χ1n) is 5.65. The smallest absolute Gasteiger partial charge is 0.123 e. The molecule has 1 saturated heterocycles. The Kier molecular flexibility index (Phi) is 3.26. The van der Waals surface area contributed by atoms with Crippen molar-refractivity contribution in [3.05, 3.63) is 35.6 Å². The van der Waals surface area contributed by atoms with E-state index in [2.05, 4.69) is 19.2 Å². The molecule has 2 nitrogen and oxygen atoms in total.